The van der Waals surface area contributed by atoms with Crippen molar-refractivity contribution in [3.8, 4) is 16.2 Å². The van der Waals surface area contributed by atoms with Gasteiger partial charge in [0.15, 0.2) is 22.1 Å². The molecule has 202 valence electrons. The number of alkyl halides is 3. The van der Waals surface area contributed by atoms with Crippen LogP contribution in [0, 0.1) is 6.92 Å². The summed E-state index contributed by atoms with van der Waals surface area (Å²) >= 11 is 2.40. The highest BCUT2D eigenvalue weighted by atomic mass is 32.2. The largest absolute Gasteiger partial charge is 0.482 e. The quantitative estimate of drug-likeness (QED) is 0.226. The number of halogens is 3. The van der Waals surface area contributed by atoms with E-state index in [1.54, 1.807) is 17.8 Å². The van der Waals surface area contributed by atoms with Crippen molar-refractivity contribution in [1.82, 2.24) is 15.1 Å². The van der Waals surface area contributed by atoms with Crippen LogP contribution in [-0.2, 0) is 27.9 Å². The minimum atomic E-state index is -4.64. The van der Waals surface area contributed by atoms with Gasteiger partial charge in [0.25, 0.3) is 0 Å². The molecule has 0 aliphatic carbocycles. The number of carbonyl (C=O) groups is 1. The van der Waals surface area contributed by atoms with Gasteiger partial charge in [-0.3, -0.25) is 4.68 Å². The Kier molecular flexibility index (Phi) is 9.67. The van der Waals surface area contributed by atoms with Gasteiger partial charge in [-0.05, 0) is 55.8 Å². The number of hydrogen-bond donors (Lipinski definition) is 2. The fourth-order valence-electron chi connectivity index (χ4n) is 3.38. The molecule has 2 N–H and O–H groups in total. The lowest BCUT2D eigenvalue weighted by Gasteiger charge is -2.09. The van der Waals surface area contributed by atoms with E-state index in [1.165, 1.54) is 25.4 Å². The zero-order chi connectivity index (χ0) is 27.2. The molecule has 0 atom stereocenters. The number of aromatic nitrogens is 2. The molecule has 0 bridgehead atoms. The smallest absolute Gasteiger partial charge is 0.435 e. The molecule has 0 unspecified atom stereocenters. The highest BCUT2D eigenvalue weighted by Gasteiger charge is 2.37. The Balaban J connectivity index is 1.43. The van der Waals surface area contributed by atoms with Crippen molar-refractivity contribution < 1.29 is 36.2 Å². The van der Waals surface area contributed by atoms with Crippen LogP contribution in [-0.4, -0.2) is 60.5 Å². The van der Waals surface area contributed by atoms with Crippen molar-refractivity contribution in [3.05, 3.63) is 47.8 Å². The molecule has 0 saturated carbocycles. The fraction of sp³-hybridized carbons (Fsp3) is 0.391. The van der Waals surface area contributed by atoms with Gasteiger partial charge in [0, 0.05) is 40.9 Å². The maximum atomic E-state index is 13.2. The lowest BCUT2D eigenvalue weighted by molar-refractivity contribution is -0.141. The van der Waals surface area contributed by atoms with E-state index in [0.717, 1.165) is 32.2 Å². The highest BCUT2D eigenvalue weighted by Crippen LogP contribution is 2.39. The summed E-state index contributed by atoms with van der Waals surface area (Å²) in [6.07, 6.45) is -3.05. The van der Waals surface area contributed by atoms with Crippen molar-refractivity contribution in [1.29, 1.82) is 0 Å². The molecule has 37 heavy (non-hydrogen) atoms. The summed E-state index contributed by atoms with van der Waals surface area (Å²) in [6.45, 7) is 2.55. The molecular formula is C23H26F3N3O5S3. The molecule has 0 saturated heterocycles. The van der Waals surface area contributed by atoms with E-state index in [2.05, 4.69) is 10.4 Å². The van der Waals surface area contributed by atoms with Crippen LogP contribution < -0.4 is 10.1 Å². The molecule has 0 aliphatic heterocycles. The van der Waals surface area contributed by atoms with E-state index in [4.69, 9.17) is 9.84 Å². The summed E-state index contributed by atoms with van der Waals surface area (Å²) in [5, 5.41) is 15.4. The topological polar surface area (TPSA) is 111 Å². The van der Waals surface area contributed by atoms with Crippen LogP contribution in [0.3, 0.4) is 0 Å². The Morgan fingerprint density at radius 1 is 1.24 bits per heavy atom. The van der Waals surface area contributed by atoms with E-state index in [1.807, 2.05) is 19.1 Å². The van der Waals surface area contributed by atoms with Gasteiger partial charge in [0.2, 0.25) is 0 Å². The summed E-state index contributed by atoms with van der Waals surface area (Å²) in [6, 6.07) is 8.21. The number of carboxylic acids is 1. The molecule has 1 aromatic carbocycles. The Bertz CT molecular complexity index is 1340. The molecule has 3 aromatic rings. The van der Waals surface area contributed by atoms with Crippen LogP contribution in [0.4, 0.5) is 13.2 Å². The standard InChI is InChI=1S/C23H26F3N3O5S3/c1-15-12-16(4-5-18(15)34-14-20(30)31)35-10-9-27-8-3-11-37(32,33)21-7-6-19(36-21)17-13-29(2)28-22(17)23(24,25)26/h4-7,12-13,27H,3,8-11,14H2,1-2H3,(H,30,31). The van der Waals surface area contributed by atoms with E-state index >= 15 is 0 Å². The number of rotatable bonds is 13. The maximum Gasteiger partial charge on any atom is 0.435 e. The molecule has 0 radical (unpaired) electrons. The fourth-order valence-corrected chi connectivity index (χ4v) is 7.06. The molecule has 2 aromatic heterocycles. The van der Waals surface area contributed by atoms with Crippen LogP contribution in [0.1, 0.15) is 17.7 Å². The molecule has 8 nitrogen and oxygen atoms in total. The van der Waals surface area contributed by atoms with Gasteiger partial charge in [-0.2, -0.15) is 18.3 Å². The van der Waals surface area contributed by atoms with Crippen LogP contribution in [0.15, 0.2) is 45.6 Å². The molecular weight excluding hydrogens is 551 g/mol. The Hall–Kier alpha value is -2.55. The molecule has 2 heterocycles. The maximum absolute atomic E-state index is 13.2. The first-order valence-corrected chi connectivity index (χ1v) is 14.5. The summed E-state index contributed by atoms with van der Waals surface area (Å²) in [5.41, 5.74) is -0.349. The summed E-state index contributed by atoms with van der Waals surface area (Å²) in [4.78, 5) is 11.8. The summed E-state index contributed by atoms with van der Waals surface area (Å²) < 4.78 is 71.4. The number of carboxylic acid groups (broad SMARTS) is 1. The van der Waals surface area contributed by atoms with E-state index < -0.39 is 34.3 Å². The molecule has 3 rings (SSSR count). The molecule has 0 spiro atoms. The molecule has 0 fully saturated rings. The van der Waals surface area contributed by atoms with Crippen molar-refractivity contribution >= 4 is 38.9 Å². The lowest BCUT2D eigenvalue weighted by Crippen LogP contribution is -2.21. The van der Waals surface area contributed by atoms with E-state index in [-0.39, 0.29) is 20.4 Å². The Morgan fingerprint density at radius 3 is 2.68 bits per heavy atom. The van der Waals surface area contributed by atoms with Crippen molar-refractivity contribution in [2.45, 2.75) is 28.6 Å². The van der Waals surface area contributed by atoms with Crippen LogP contribution in [0.5, 0.6) is 5.75 Å². The molecule has 14 heteroatoms. The third kappa shape index (κ3) is 8.22. The SMILES string of the molecule is Cc1cc(SCCNCCCS(=O)(=O)c2ccc(-c3cn(C)nc3C(F)(F)F)s2)ccc1OCC(=O)O. The number of nitrogens with one attached hydrogen (secondary N) is 1. The van der Waals surface area contributed by atoms with Gasteiger partial charge in [0.1, 0.15) is 9.96 Å². The zero-order valence-electron chi connectivity index (χ0n) is 20.0. The first-order chi connectivity index (χ1) is 17.4. The van der Waals surface area contributed by atoms with Crippen molar-refractivity contribution in [3.63, 3.8) is 0 Å². The van der Waals surface area contributed by atoms with Crippen LogP contribution >= 0.6 is 23.1 Å². The summed E-state index contributed by atoms with van der Waals surface area (Å²) in [7, 11) is -2.25. The van der Waals surface area contributed by atoms with Crippen molar-refractivity contribution in [2.75, 3.05) is 31.2 Å². The molecule has 0 amide bonds. The number of benzene rings is 1. The number of aryl methyl sites for hydroxylation is 2. The normalized spacial score (nSPS) is 12.1. The number of nitrogens with zero attached hydrogens (tertiary/aromatic N) is 2. The number of ether oxygens (including phenoxy) is 1. The van der Waals surface area contributed by atoms with Gasteiger partial charge >= 0.3 is 12.1 Å². The monoisotopic (exact) mass is 577 g/mol. The number of hydrogen-bond acceptors (Lipinski definition) is 8. The van der Waals surface area contributed by atoms with Gasteiger partial charge < -0.3 is 15.2 Å². The first kappa shape index (κ1) is 29.0. The highest BCUT2D eigenvalue weighted by molar-refractivity contribution is 7.99. The second-order valence-corrected chi connectivity index (χ2v) is 12.7. The summed E-state index contributed by atoms with van der Waals surface area (Å²) in [5.74, 6) is 0.0948. The van der Waals surface area contributed by atoms with E-state index in [9.17, 15) is 26.4 Å². The van der Waals surface area contributed by atoms with Gasteiger partial charge in [-0.25, -0.2) is 13.2 Å². The zero-order valence-corrected chi connectivity index (χ0v) is 22.5. The minimum absolute atomic E-state index is 0.0289. The first-order valence-electron chi connectivity index (χ1n) is 11.1. The second-order valence-electron chi connectivity index (χ2n) is 8.06. The average Bonchev–Trinajstić information content (AvgIpc) is 3.45. The van der Waals surface area contributed by atoms with Gasteiger partial charge in [-0.1, -0.05) is 0 Å². The predicted octanol–water partition coefficient (Wildman–Crippen LogP) is 4.48. The number of aliphatic carboxylic acids is 1. The van der Waals surface area contributed by atoms with Crippen LogP contribution in [0.25, 0.3) is 10.4 Å². The van der Waals surface area contributed by atoms with E-state index in [0.29, 0.717) is 25.3 Å². The third-order valence-corrected chi connectivity index (χ3v) is 9.56. The predicted molar refractivity (Wildman–Crippen MR) is 136 cm³/mol. The number of sulfone groups is 1. The minimum Gasteiger partial charge on any atom is -0.482 e. The van der Waals surface area contributed by atoms with Crippen LogP contribution in [0.2, 0.25) is 0 Å². The average molecular weight is 578 g/mol. The number of thiophene rings is 1. The Morgan fingerprint density at radius 2 is 2.00 bits per heavy atom. The third-order valence-electron chi connectivity index (χ3n) is 5.06. The Labute approximate surface area is 220 Å². The molecule has 0 aliphatic rings. The van der Waals surface area contributed by atoms with Gasteiger partial charge in [-0.15, -0.1) is 23.1 Å². The lowest BCUT2D eigenvalue weighted by atomic mass is 10.2. The second kappa shape index (κ2) is 12.3. The van der Waals surface area contributed by atoms with Crippen molar-refractivity contribution in [2.24, 2.45) is 7.05 Å². The number of thioether (sulfide) groups is 1. The van der Waals surface area contributed by atoms with Gasteiger partial charge in [0.05, 0.1) is 5.75 Å².